The maximum atomic E-state index is 12.7. The standard InChI is InChI=1S/C22H20N2O5S/c25-21(23-14-13-16-7-2-1-3-8-16)19-11-4-5-12-20(19)24-30(28,29)18-10-6-9-17(15-18)22(26)27/h1-12,15,24H,13-14H2,(H,23,25)(H,26,27)/p-1. The van der Waals surface area contributed by atoms with Gasteiger partial charge in [-0.3, -0.25) is 9.52 Å². The summed E-state index contributed by atoms with van der Waals surface area (Å²) in [6.45, 7) is 0.386. The van der Waals surface area contributed by atoms with E-state index in [-0.39, 0.29) is 21.7 Å². The zero-order valence-electron chi connectivity index (χ0n) is 15.9. The summed E-state index contributed by atoms with van der Waals surface area (Å²) in [5.41, 5.74) is 1.06. The summed E-state index contributed by atoms with van der Waals surface area (Å²) in [6.07, 6.45) is 0.635. The average Bonchev–Trinajstić information content (AvgIpc) is 2.74. The van der Waals surface area contributed by atoms with E-state index >= 15 is 0 Å². The Balaban J connectivity index is 1.75. The maximum absolute atomic E-state index is 12.7. The summed E-state index contributed by atoms with van der Waals surface area (Å²) in [4.78, 5) is 23.3. The van der Waals surface area contributed by atoms with Gasteiger partial charge in [-0.15, -0.1) is 0 Å². The summed E-state index contributed by atoms with van der Waals surface area (Å²) in [7, 11) is -4.11. The largest absolute Gasteiger partial charge is 0.545 e. The SMILES string of the molecule is O=C([O-])c1cccc(S(=O)(=O)Nc2ccccc2C(=O)NCCc2ccccc2)c1. The van der Waals surface area contributed by atoms with Crippen molar-refractivity contribution in [3.63, 3.8) is 0 Å². The van der Waals surface area contributed by atoms with Crippen LogP contribution in [0.4, 0.5) is 5.69 Å². The van der Waals surface area contributed by atoms with E-state index in [9.17, 15) is 23.1 Å². The van der Waals surface area contributed by atoms with Gasteiger partial charge in [0.25, 0.3) is 15.9 Å². The first-order valence-electron chi connectivity index (χ1n) is 9.12. The number of sulfonamides is 1. The second-order valence-electron chi connectivity index (χ2n) is 6.46. The Bertz CT molecular complexity index is 1160. The van der Waals surface area contributed by atoms with Crippen LogP contribution in [0.3, 0.4) is 0 Å². The van der Waals surface area contributed by atoms with Gasteiger partial charge in [-0.25, -0.2) is 8.42 Å². The number of carbonyl (C=O) groups excluding carboxylic acids is 2. The van der Waals surface area contributed by atoms with E-state index in [0.29, 0.717) is 13.0 Å². The number of anilines is 1. The van der Waals surface area contributed by atoms with Crippen LogP contribution in [0.5, 0.6) is 0 Å². The molecule has 30 heavy (non-hydrogen) atoms. The van der Waals surface area contributed by atoms with Crippen molar-refractivity contribution in [2.75, 3.05) is 11.3 Å². The highest BCUT2D eigenvalue weighted by molar-refractivity contribution is 7.92. The molecular weight excluding hydrogens is 404 g/mol. The molecule has 3 aromatic carbocycles. The lowest BCUT2D eigenvalue weighted by Gasteiger charge is -2.13. The Morgan fingerprint density at radius 1 is 0.867 bits per heavy atom. The monoisotopic (exact) mass is 423 g/mol. The lowest BCUT2D eigenvalue weighted by atomic mass is 10.1. The zero-order valence-corrected chi connectivity index (χ0v) is 16.7. The van der Waals surface area contributed by atoms with Gasteiger partial charge in [0.15, 0.2) is 0 Å². The third-order valence-electron chi connectivity index (χ3n) is 4.34. The van der Waals surface area contributed by atoms with Crippen LogP contribution in [0.2, 0.25) is 0 Å². The first kappa shape index (κ1) is 21.1. The molecule has 3 aromatic rings. The minimum Gasteiger partial charge on any atom is -0.545 e. The van der Waals surface area contributed by atoms with Crippen molar-refractivity contribution >= 4 is 27.6 Å². The number of para-hydroxylation sites is 1. The van der Waals surface area contributed by atoms with Crippen LogP contribution < -0.4 is 15.1 Å². The quantitative estimate of drug-likeness (QED) is 0.573. The minimum absolute atomic E-state index is 0.0913. The third kappa shape index (κ3) is 5.24. The first-order chi connectivity index (χ1) is 14.4. The fourth-order valence-electron chi connectivity index (χ4n) is 2.82. The van der Waals surface area contributed by atoms with Crippen LogP contribution in [-0.2, 0) is 16.4 Å². The minimum atomic E-state index is -4.11. The smallest absolute Gasteiger partial charge is 0.261 e. The molecule has 8 heteroatoms. The predicted molar refractivity (Wildman–Crippen MR) is 111 cm³/mol. The van der Waals surface area contributed by atoms with E-state index < -0.39 is 21.9 Å². The van der Waals surface area contributed by atoms with Gasteiger partial charge in [0.2, 0.25) is 0 Å². The molecule has 0 unspecified atom stereocenters. The Hall–Kier alpha value is -3.65. The van der Waals surface area contributed by atoms with E-state index in [0.717, 1.165) is 11.6 Å². The van der Waals surface area contributed by atoms with Gasteiger partial charge < -0.3 is 15.2 Å². The fourth-order valence-corrected chi connectivity index (χ4v) is 3.95. The van der Waals surface area contributed by atoms with E-state index in [1.165, 1.54) is 30.3 Å². The highest BCUT2D eigenvalue weighted by Crippen LogP contribution is 2.21. The van der Waals surface area contributed by atoms with Crippen LogP contribution in [0.15, 0.2) is 83.8 Å². The number of aromatic carboxylic acids is 1. The number of carbonyl (C=O) groups is 2. The Morgan fingerprint density at radius 2 is 1.57 bits per heavy atom. The van der Waals surface area contributed by atoms with E-state index in [4.69, 9.17) is 0 Å². The number of hydrogen-bond acceptors (Lipinski definition) is 5. The molecule has 0 aliphatic heterocycles. The van der Waals surface area contributed by atoms with Crippen LogP contribution in [0.25, 0.3) is 0 Å². The normalized spacial score (nSPS) is 10.9. The molecule has 1 amide bonds. The van der Waals surface area contributed by atoms with Gasteiger partial charge in [-0.1, -0.05) is 54.6 Å². The molecule has 3 rings (SSSR count). The molecule has 7 nitrogen and oxygen atoms in total. The van der Waals surface area contributed by atoms with Crippen molar-refractivity contribution in [1.82, 2.24) is 5.32 Å². The summed E-state index contributed by atoms with van der Waals surface area (Å²) in [5, 5.41) is 13.8. The second-order valence-corrected chi connectivity index (χ2v) is 8.14. The molecule has 0 aliphatic carbocycles. The second kappa shape index (κ2) is 9.23. The van der Waals surface area contributed by atoms with Crippen molar-refractivity contribution in [2.24, 2.45) is 0 Å². The van der Waals surface area contributed by atoms with Gasteiger partial charge in [0.05, 0.1) is 22.1 Å². The molecule has 0 aromatic heterocycles. The molecule has 154 valence electrons. The first-order valence-corrected chi connectivity index (χ1v) is 10.6. The highest BCUT2D eigenvalue weighted by atomic mass is 32.2. The highest BCUT2D eigenvalue weighted by Gasteiger charge is 2.19. The maximum Gasteiger partial charge on any atom is 0.261 e. The predicted octanol–water partition coefficient (Wildman–Crippen LogP) is 1.82. The number of benzene rings is 3. The van der Waals surface area contributed by atoms with Crippen LogP contribution >= 0.6 is 0 Å². The van der Waals surface area contributed by atoms with Gasteiger partial charge in [-0.2, -0.15) is 0 Å². The Morgan fingerprint density at radius 3 is 2.30 bits per heavy atom. The topological polar surface area (TPSA) is 115 Å². The molecule has 2 N–H and O–H groups in total. The van der Waals surface area contributed by atoms with Crippen molar-refractivity contribution in [3.05, 3.63) is 95.6 Å². The number of rotatable bonds is 8. The zero-order chi connectivity index (χ0) is 21.6. The number of hydrogen-bond donors (Lipinski definition) is 2. The fraction of sp³-hybridized carbons (Fsp3) is 0.0909. The van der Waals surface area contributed by atoms with Gasteiger partial charge in [0.1, 0.15) is 0 Å². The molecule has 0 spiro atoms. The lowest BCUT2D eigenvalue weighted by molar-refractivity contribution is -0.255. The summed E-state index contributed by atoms with van der Waals surface area (Å²) in [5.74, 6) is -1.90. The molecule has 0 atom stereocenters. The van der Waals surface area contributed by atoms with Crippen molar-refractivity contribution in [3.8, 4) is 0 Å². The summed E-state index contributed by atoms with van der Waals surface area (Å²) in [6, 6.07) is 20.6. The molecule has 0 bridgehead atoms. The van der Waals surface area contributed by atoms with Crippen LogP contribution in [-0.4, -0.2) is 26.8 Å². The molecule has 0 radical (unpaired) electrons. The molecule has 0 fully saturated rings. The third-order valence-corrected chi connectivity index (χ3v) is 5.70. The van der Waals surface area contributed by atoms with Gasteiger partial charge >= 0.3 is 0 Å². The van der Waals surface area contributed by atoms with Gasteiger partial charge in [0, 0.05) is 6.54 Å². The molecule has 0 aliphatic rings. The lowest BCUT2D eigenvalue weighted by Crippen LogP contribution is -2.27. The van der Waals surface area contributed by atoms with Crippen molar-refractivity contribution < 1.29 is 23.1 Å². The average molecular weight is 423 g/mol. The van der Waals surface area contributed by atoms with E-state index in [2.05, 4.69) is 10.0 Å². The molecule has 0 saturated carbocycles. The van der Waals surface area contributed by atoms with Crippen LogP contribution in [0, 0.1) is 0 Å². The molecule has 0 heterocycles. The molecule has 0 saturated heterocycles. The summed E-state index contributed by atoms with van der Waals surface area (Å²) >= 11 is 0. The Kier molecular flexibility index (Phi) is 6.48. The number of nitrogens with one attached hydrogen (secondary N) is 2. The van der Waals surface area contributed by atoms with Crippen molar-refractivity contribution in [2.45, 2.75) is 11.3 Å². The van der Waals surface area contributed by atoms with E-state index in [1.54, 1.807) is 12.1 Å². The number of carboxylic acids is 1. The van der Waals surface area contributed by atoms with Crippen molar-refractivity contribution in [1.29, 1.82) is 0 Å². The van der Waals surface area contributed by atoms with Gasteiger partial charge in [-0.05, 0) is 41.8 Å². The molecular formula is C22H19N2O5S-. The number of amides is 1. The summed E-state index contributed by atoms with van der Waals surface area (Å²) < 4.78 is 27.7. The number of carboxylic acid groups (broad SMARTS) is 1. The Labute approximate surface area is 174 Å². The van der Waals surface area contributed by atoms with E-state index in [1.807, 2.05) is 30.3 Å². The van der Waals surface area contributed by atoms with Crippen LogP contribution in [0.1, 0.15) is 26.3 Å².